The van der Waals surface area contributed by atoms with Crippen LogP contribution < -0.4 is 0 Å². The summed E-state index contributed by atoms with van der Waals surface area (Å²) in [7, 11) is 0. The molecule has 0 N–H and O–H groups in total. The van der Waals surface area contributed by atoms with Crippen LogP contribution in [0, 0.1) is 6.92 Å². The first kappa shape index (κ1) is 6.68. The number of nitrogens with zero attached hydrogens (tertiary/aromatic N) is 1. The highest BCUT2D eigenvalue weighted by molar-refractivity contribution is 6.35. The van der Waals surface area contributed by atoms with Gasteiger partial charge in [-0.2, -0.15) is 0 Å². The Labute approximate surface area is 68.8 Å². The van der Waals surface area contributed by atoms with Crippen LogP contribution in [0.2, 0.25) is 5.02 Å². The molecular weight excluding hydrogens is 162 g/mol. The largest absolute Gasteiger partial charge is 0.460 e. The monoisotopic (exact) mass is 167 g/mol. The van der Waals surface area contributed by atoms with E-state index in [4.69, 9.17) is 16.0 Å². The summed E-state index contributed by atoms with van der Waals surface area (Å²) in [5, 5.41) is 1.57. The summed E-state index contributed by atoms with van der Waals surface area (Å²) in [5.41, 5.74) is 0.745. The van der Waals surface area contributed by atoms with Gasteiger partial charge in [-0.25, -0.2) is 0 Å². The van der Waals surface area contributed by atoms with E-state index in [0.29, 0.717) is 5.02 Å². The number of furan rings is 1. The van der Waals surface area contributed by atoms with Crippen LogP contribution in [0.4, 0.5) is 0 Å². The van der Waals surface area contributed by atoms with Gasteiger partial charge in [-0.1, -0.05) is 11.6 Å². The van der Waals surface area contributed by atoms with Crippen molar-refractivity contribution in [3.63, 3.8) is 0 Å². The minimum atomic E-state index is 0.638. The summed E-state index contributed by atoms with van der Waals surface area (Å²) in [6, 6.07) is 1.90. The van der Waals surface area contributed by atoms with Crippen molar-refractivity contribution in [2.24, 2.45) is 0 Å². The molecule has 2 aromatic heterocycles. The van der Waals surface area contributed by atoms with Gasteiger partial charge in [-0.05, 0) is 13.0 Å². The number of pyridine rings is 1. The molecule has 2 heterocycles. The predicted octanol–water partition coefficient (Wildman–Crippen LogP) is 2.79. The first-order valence-corrected chi connectivity index (χ1v) is 3.65. The standard InChI is InChI=1S/C8H6ClNO/c1-5-2-6-7(9)3-10-4-8(6)11-5/h2-4H,1H3. The molecule has 2 nitrogen and oxygen atoms in total. The van der Waals surface area contributed by atoms with Gasteiger partial charge in [-0.3, -0.25) is 4.98 Å². The number of hydrogen-bond acceptors (Lipinski definition) is 2. The maximum Gasteiger partial charge on any atom is 0.154 e. The first-order chi connectivity index (χ1) is 5.27. The summed E-state index contributed by atoms with van der Waals surface area (Å²) in [4.78, 5) is 3.90. The highest BCUT2D eigenvalue weighted by Gasteiger charge is 2.02. The third kappa shape index (κ3) is 0.994. The molecule has 0 amide bonds. The fourth-order valence-corrected chi connectivity index (χ4v) is 1.26. The third-order valence-electron chi connectivity index (χ3n) is 1.52. The fourth-order valence-electron chi connectivity index (χ4n) is 1.05. The van der Waals surface area contributed by atoms with E-state index in [2.05, 4.69) is 4.98 Å². The number of fused-ring (bicyclic) bond motifs is 1. The molecule has 2 aromatic rings. The van der Waals surface area contributed by atoms with Gasteiger partial charge < -0.3 is 4.42 Å². The number of rotatable bonds is 0. The Morgan fingerprint density at radius 2 is 2.27 bits per heavy atom. The van der Waals surface area contributed by atoms with Crippen molar-refractivity contribution in [2.75, 3.05) is 0 Å². The Kier molecular flexibility index (Phi) is 1.36. The van der Waals surface area contributed by atoms with E-state index in [1.54, 1.807) is 12.4 Å². The number of aryl methyl sites for hydroxylation is 1. The van der Waals surface area contributed by atoms with Crippen molar-refractivity contribution in [1.82, 2.24) is 4.98 Å². The summed E-state index contributed by atoms with van der Waals surface area (Å²) in [5.74, 6) is 0.856. The zero-order valence-electron chi connectivity index (χ0n) is 5.97. The highest BCUT2D eigenvalue weighted by atomic mass is 35.5. The summed E-state index contributed by atoms with van der Waals surface area (Å²) in [6.45, 7) is 1.89. The van der Waals surface area contributed by atoms with Gasteiger partial charge in [0, 0.05) is 11.6 Å². The van der Waals surface area contributed by atoms with E-state index < -0.39 is 0 Å². The van der Waals surface area contributed by atoms with Crippen LogP contribution in [-0.4, -0.2) is 4.98 Å². The smallest absolute Gasteiger partial charge is 0.154 e. The lowest BCUT2D eigenvalue weighted by molar-refractivity contribution is 0.577. The van der Waals surface area contributed by atoms with E-state index in [0.717, 1.165) is 16.7 Å². The van der Waals surface area contributed by atoms with Gasteiger partial charge >= 0.3 is 0 Å². The zero-order chi connectivity index (χ0) is 7.84. The second-order valence-electron chi connectivity index (χ2n) is 2.39. The predicted molar refractivity (Wildman–Crippen MR) is 43.8 cm³/mol. The normalized spacial score (nSPS) is 10.7. The molecule has 0 spiro atoms. The Morgan fingerprint density at radius 3 is 3.00 bits per heavy atom. The maximum absolute atomic E-state index is 5.85. The lowest BCUT2D eigenvalue weighted by Gasteiger charge is -1.87. The molecular formula is C8H6ClNO. The maximum atomic E-state index is 5.85. The molecule has 11 heavy (non-hydrogen) atoms. The van der Waals surface area contributed by atoms with E-state index in [1.807, 2.05) is 13.0 Å². The van der Waals surface area contributed by atoms with Crippen molar-refractivity contribution in [3.8, 4) is 0 Å². The van der Waals surface area contributed by atoms with E-state index in [-0.39, 0.29) is 0 Å². The molecule has 0 saturated heterocycles. The second kappa shape index (κ2) is 2.24. The zero-order valence-corrected chi connectivity index (χ0v) is 6.72. The van der Waals surface area contributed by atoms with Crippen LogP contribution >= 0.6 is 11.6 Å². The van der Waals surface area contributed by atoms with E-state index >= 15 is 0 Å². The molecule has 0 saturated carbocycles. The molecule has 0 fully saturated rings. The van der Waals surface area contributed by atoms with Gasteiger partial charge in [0.05, 0.1) is 11.2 Å². The minimum absolute atomic E-state index is 0.638. The van der Waals surface area contributed by atoms with Gasteiger partial charge in [0.1, 0.15) is 5.76 Å². The van der Waals surface area contributed by atoms with Crippen molar-refractivity contribution in [3.05, 3.63) is 29.2 Å². The molecule has 0 radical (unpaired) electrons. The van der Waals surface area contributed by atoms with Crippen LogP contribution in [0.25, 0.3) is 11.0 Å². The lowest BCUT2D eigenvalue weighted by atomic mass is 10.3. The van der Waals surface area contributed by atoms with Gasteiger partial charge in [-0.15, -0.1) is 0 Å². The van der Waals surface area contributed by atoms with Crippen molar-refractivity contribution >= 4 is 22.6 Å². The van der Waals surface area contributed by atoms with Crippen molar-refractivity contribution in [2.45, 2.75) is 6.92 Å². The summed E-state index contributed by atoms with van der Waals surface area (Å²) in [6.07, 6.45) is 3.27. The molecule has 0 atom stereocenters. The van der Waals surface area contributed by atoms with Gasteiger partial charge in [0.25, 0.3) is 0 Å². The molecule has 0 aliphatic rings. The molecule has 3 heteroatoms. The van der Waals surface area contributed by atoms with Crippen LogP contribution in [-0.2, 0) is 0 Å². The average Bonchev–Trinajstić information content (AvgIpc) is 2.31. The molecule has 2 rings (SSSR count). The van der Waals surface area contributed by atoms with E-state index in [1.165, 1.54) is 0 Å². The Morgan fingerprint density at radius 1 is 1.45 bits per heavy atom. The Hall–Kier alpha value is -1.02. The number of aromatic nitrogens is 1. The Bertz CT molecular complexity index is 394. The summed E-state index contributed by atoms with van der Waals surface area (Å²) >= 11 is 5.85. The molecule has 0 aliphatic carbocycles. The van der Waals surface area contributed by atoms with E-state index in [9.17, 15) is 0 Å². The molecule has 0 bridgehead atoms. The molecule has 56 valence electrons. The SMILES string of the molecule is Cc1cc2c(Cl)cncc2o1. The molecule has 0 aromatic carbocycles. The summed E-state index contributed by atoms with van der Waals surface area (Å²) < 4.78 is 5.30. The van der Waals surface area contributed by atoms with Gasteiger partial charge in [0.15, 0.2) is 5.58 Å². The van der Waals surface area contributed by atoms with Crippen molar-refractivity contribution < 1.29 is 4.42 Å². The highest BCUT2D eigenvalue weighted by Crippen LogP contribution is 2.24. The van der Waals surface area contributed by atoms with Gasteiger partial charge in [0.2, 0.25) is 0 Å². The average molecular weight is 168 g/mol. The Balaban J connectivity index is 2.90. The second-order valence-corrected chi connectivity index (χ2v) is 2.80. The quantitative estimate of drug-likeness (QED) is 0.603. The lowest BCUT2D eigenvalue weighted by Crippen LogP contribution is -1.69. The third-order valence-corrected chi connectivity index (χ3v) is 1.82. The number of halogens is 1. The molecule has 0 unspecified atom stereocenters. The minimum Gasteiger partial charge on any atom is -0.460 e. The van der Waals surface area contributed by atoms with Crippen LogP contribution in [0.3, 0.4) is 0 Å². The fraction of sp³-hybridized carbons (Fsp3) is 0.125. The number of hydrogen-bond donors (Lipinski definition) is 0. The van der Waals surface area contributed by atoms with Crippen LogP contribution in [0.1, 0.15) is 5.76 Å². The first-order valence-electron chi connectivity index (χ1n) is 3.27. The van der Waals surface area contributed by atoms with Crippen molar-refractivity contribution in [1.29, 1.82) is 0 Å². The van der Waals surface area contributed by atoms with Crippen LogP contribution in [0.15, 0.2) is 22.9 Å². The van der Waals surface area contributed by atoms with Crippen LogP contribution in [0.5, 0.6) is 0 Å². The molecule has 0 aliphatic heterocycles. The topological polar surface area (TPSA) is 26.0 Å².